The molecular formula is C20H16O5. The van der Waals surface area contributed by atoms with Gasteiger partial charge in [0.15, 0.2) is 11.2 Å². The standard InChI is InChI=1S/C20H16O5/c1-12-10-17(23)19-18(25-12)11-16(22)14(20(19)24-2)8-9-15(21)13-6-4-3-5-7-13/h3-11,22H,1-2H3/b9-8+. The molecule has 0 unspecified atom stereocenters. The van der Waals surface area contributed by atoms with E-state index in [2.05, 4.69) is 0 Å². The second-order valence-electron chi connectivity index (χ2n) is 5.50. The largest absolute Gasteiger partial charge is 0.507 e. The number of ether oxygens (including phenoxy) is 1. The minimum atomic E-state index is -0.278. The third kappa shape index (κ3) is 3.17. The molecular weight excluding hydrogens is 320 g/mol. The number of hydrogen-bond acceptors (Lipinski definition) is 5. The lowest BCUT2D eigenvalue weighted by Gasteiger charge is -2.10. The molecule has 3 rings (SSSR count). The Labute approximate surface area is 143 Å². The van der Waals surface area contributed by atoms with Crippen LogP contribution < -0.4 is 10.2 Å². The average Bonchev–Trinajstić information content (AvgIpc) is 2.59. The first-order valence-electron chi connectivity index (χ1n) is 7.63. The first-order chi connectivity index (χ1) is 12.0. The molecule has 1 N–H and O–H groups in total. The van der Waals surface area contributed by atoms with Gasteiger partial charge < -0.3 is 14.3 Å². The number of rotatable bonds is 4. The van der Waals surface area contributed by atoms with Crippen LogP contribution in [0.4, 0.5) is 0 Å². The minimum Gasteiger partial charge on any atom is -0.507 e. The van der Waals surface area contributed by atoms with Gasteiger partial charge in [0.1, 0.15) is 28.2 Å². The van der Waals surface area contributed by atoms with Crippen LogP contribution in [0.1, 0.15) is 21.7 Å². The Morgan fingerprint density at radius 2 is 1.92 bits per heavy atom. The second kappa shape index (κ2) is 6.65. The molecule has 1 heterocycles. The van der Waals surface area contributed by atoms with Gasteiger partial charge in [0.2, 0.25) is 0 Å². The molecule has 126 valence electrons. The summed E-state index contributed by atoms with van der Waals surface area (Å²) < 4.78 is 10.8. The molecule has 0 aliphatic rings. The number of aryl methyl sites for hydroxylation is 1. The second-order valence-corrected chi connectivity index (χ2v) is 5.50. The van der Waals surface area contributed by atoms with E-state index >= 15 is 0 Å². The van der Waals surface area contributed by atoms with Crippen LogP contribution in [0.2, 0.25) is 0 Å². The van der Waals surface area contributed by atoms with E-state index in [9.17, 15) is 14.7 Å². The van der Waals surface area contributed by atoms with Crippen LogP contribution in [0.25, 0.3) is 17.0 Å². The topological polar surface area (TPSA) is 76.7 Å². The zero-order chi connectivity index (χ0) is 18.0. The van der Waals surface area contributed by atoms with E-state index in [0.29, 0.717) is 11.3 Å². The Morgan fingerprint density at radius 1 is 1.20 bits per heavy atom. The van der Waals surface area contributed by atoms with Crippen LogP contribution in [0.3, 0.4) is 0 Å². The molecule has 2 aromatic carbocycles. The quantitative estimate of drug-likeness (QED) is 0.580. The highest BCUT2D eigenvalue weighted by atomic mass is 16.5. The van der Waals surface area contributed by atoms with E-state index in [0.717, 1.165) is 0 Å². The van der Waals surface area contributed by atoms with Gasteiger partial charge in [0.25, 0.3) is 0 Å². The zero-order valence-corrected chi connectivity index (χ0v) is 13.8. The van der Waals surface area contributed by atoms with Gasteiger partial charge in [-0.3, -0.25) is 9.59 Å². The van der Waals surface area contributed by atoms with Gasteiger partial charge in [-0.1, -0.05) is 30.3 Å². The molecule has 25 heavy (non-hydrogen) atoms. The first kappa shape index (κ1) is 16.5. The Hall–Kier alpha value is -3.34. The van der Waals surface area contributed by atoms with Crippen LogP contribution in [-0.2, 0) is 0 Å². The number of ketones is 1. The van der Waals surface area contributed by atoms with Crippen molar-refractivity contribution in [3.8, 4) is 11.5 Å². The zero-order valence-electron chi connectivity index (χ0n) is 13.8. The van der Waals surface area contributed by atoms with E-state index in [1.165, 1.54) is 31.4 Å². The molecule has 5 heteroatoms. The molecule has 0 bridgehead atoms. The fourth-order valence-corrected chi connectivity index (χ4v) is 2.64. The molecule has 0 spiro atoms. The maximum atomic E-state index is 12.3. The molecule has 0 amide bonds. The first-order valence-corrected chi connectivity index (χ1v) is 7.63. The van der Waals surface area contributed by atoms with E-state index in [1.54, 1.807) is 31.2 Å². The van der Waals surface area contributed by atoms with Crippen LogP contribution in [-0.4, -0.2) is 18.0 Å². The summed E-state index contributed by atoms with van der Waals surface area (Å²) in [6.07, 6.45) is 2.76. The van der Waals surface area contributed by atoms with E-state index in [-0.39, 0.29) is 39.2 Å². The summed E-state index contributed by atoms with van der Waals surface area (Å²) in [4.78, 5) is 24.5. The lowest BCUT2D eigenvalue weighted by atomic mass is 10.1. The maximum absolute atomic E-state index is 12.3. The van der Waals surface area contributed by atoms with Crippen LogP contribution >= 0.6 is 0 Å². The molecule has 0 radical (unpaired) electrons. The number of aromatic hydroxyl groups is 1. The van der Waals surface area contributed by atoms with Crippen LogP contribution in [0.5, 0.6) is 11.5 Å². The van der Waals surface area contributed by atoms with Gasteiger partial charge in [-0.05, 0) is 19.1 Å². The number of phenolic OH excluding ortho intramolecular Hbond substituents is 1. The molecule has 0 aliphatic carbocycles. The van der Waals surface area contributed by atoms with Gasteiger partial charge >= 0.3 is 0 Å². The number of phenols is 1. The summed E-state index contributed by atoms with van der Waals surface area (Å²) in [6.45, 7) is 1.65. The van der Waals surface area contributed by atoms with Crippen molar-refractivity contribution in [1.82, 2.24) is 0 Å². The van der Waals surface area contributed by atoms with E-state index in [4.69, 9.17) is 9.15 Å². The summed E-state index contributed by atoms with van der Waals surface area (Å²) in [7, 11) is 1.39. The Balaban J connectivity index is 2.13. The molecule has 0 fully saturated rings. The Bertz CT molecular complexity index is 1030. The van der Waals surface area contributed by atoms with Gasteiger partial charge in [0.05, 0.1) is 12.7 Å². The average molecular weight is 336 g/mol. The lowest BCUT2D eigenvalue weighted by molar-refractivity contribution is 0.104. The van der Waals surface area contributed by atoms with Crippen molar-refractivity contribution in [2.24, 2.45) is 0 Å². The molecule has 0 saturated heterocycles. The molecule has 0 aliphatic heterocycles. The van der Waals surface area contributed by atoms with E-state index in [1.807, 2.05) is 6.07 Å². The van der Waals surface area contributed by atoms with Crippen molar-refractivity contribution < 1.29 is 19.1 Å². The number of benzene rings is 2. The van der Waals surface area contributed by atoms with Crippen LogP contribution in [0, 0.1) is 6.92 Å². The summed E-state index contributed by atoms with van der Waals surface area (Å²) in [5.41, 5.74) is 0.717. The highest BCUT2D eigenvalue weighted by Crippen LogP contribution is 2.36. The van der Waals surface area contributed by atoms with Gasteiger partial charge in [-0.2, -0.15) is 0 Å². The number of hydrogen-bond donors (Lipinski definition) is 1. The maximum Gasteiger partial charge on any atom is 0.196 e. The van der Waals surface area contributed by atoms with Crippen molar-refractivity contribution >= 4 is 22.8 Å². The monoisotopic (exact) mass is 336 g/mol. The van der Waals surface area contributed by atoms with Gasteiger partial charge in [0, 0.05) is 17.7 Å². The number of methoxy groups -OCH3 is 1. The summed E-state index contributed by atoms with van der Waals surface area (Å²) >= 11 is 0. The summed E-state index contributed by atoms with van der Waals surface area (Å²) in [6, 6.07) is 11.4. The molecule has 0 atom stereocenters. The third-order valence-corrected chi connectivity index (χ3v) is 3.78. The lowest BCUT2D eigenvalue weighted by Crippen LogP contribution is -2.04. The highest BCUT2D eigenvalue weighted by Gasteiger charge is 2.17. The predicted octanol–water partition coefficient (Wildman–Crippen LogP) is 3.71. The molecule has 3 aromatic rings. The minimum absolute atomic E-state index is 0.143. The molecule has 5 nitrogen and oxygen atoms in total. The fourth-order valence-electron chi connectivity index (χ4n) is 2.64. The third-order valence-electron chi connectivity index (χ3n) is 3.78. The van der Waals surface area contributed by atoms with Crippen molar-refractivity contribution in [2.75, 3.05) is 7.11 Å². The van der Waals surface area contributed by atoms with Gasteiger partial charge in [-0.15, -0.1) is 0 Å². The SMILES string of the molecule is COc1c(/C=C/C(=O)c2ccccc2)c(O)cc2oc(C)cc(=O)c12. The molecule has 0 saturated carbocycles. The number of carbonyl (C=O) groups is 1. The van der Waals surface area contributed by atoms with E-state index < -0.39 is 0 Å². The van der Waals surface area contributed by atoms with Crippen molar-refractivity contribution in [1.29, 1.82) is 0 Å². The predicted molar refractivity (Wildman–Crippen MR) is 95.2 cm³/mol. The Morgan fingerprint density at radius 3 is 2.60 bits per heavy atom. The summed E-state index contributed by atoms with van der Waals surface area (Å²) in [5.74, 6) is 0.232. The number of carbonyl (C=O) groups excluding carboxylic acids is 1. The van der Waals surface area contributed by atoms with Crippen molar-refractivity contribution in [2.45, 2.75) is 6.92 Å². The number of fused-ring (bicyclic) bond motifs is 1. The molecule has 1 aromatic heterocycles. The fraction of sp³-hybridized carbons (Fsp3) is 0.100. The van der Waals surface area contributed by atoms with Crippen LogP contribution in [0.15, 0.2) is 57.8 Å². The smallest absolute Gasteiger partial charge is 0.196 e. The highest BCUT2D eigenvalue weighted by molar-refractivity contribution is 6.07. The van der Waals surface area contributed by atoms with Crippen molar-refractivity contribution in [3.05, 3.63) is 75.7 Å². The van der Waals surface area contributed by atoms with Crippen molar-refractivity contribution in [3.63, 3.8) is 0 Å². The normalized spacial score (nSPS) is 11.1. The number of allylic oxidation sites excluding steroid dienone is 1. The van der Waals surface area contributed by atoms with Gasteiger partial charge in [-0.25, -0.2) is 0 Å². The Kier molecular flexibility index (Phi) is 4.39. The summed E-state index contributed by atoms with van der Waals surface area (Å²) in [5, 5.41) is 10.5.